The number of H-pyrrole nitrogens is 1. The maximum absolute atomic E-state index is 12.4. The van der Waals surface area contributed by atoms with Gasteiger partial charge < -0.3 is 20.0 Å². The Bertz CT molecular complexity index is 1190. The summed E-state index contributed by atoms with van der Waals surface area (Å²) in [4.78, 5) is 27.3. The lowest BCUT2D eigenvalue weighted by Crippen LogP contribution is -2.42. The number of carbonyl (C=O) groups is 2. The average molecular weight is 454 g/mol. The first-order chi connectivity index (χ1) is 14.0. The van der Waals surface area contributed by atoms with Crippen LogP contribution in [0.3, 0.4) is 0 Å². The highest BCUT2D eigenvalue weighted by Crippen LogP contribution is 2.21. The average Bonchev–Trinajstić information content (AvgIpc) is 3.29. The smallest absolute Gasteiger partial charge is 0.326 e. The number of aromatic nitrogens is 2. The second-order valence-corrected chi connectivity index (χ2v) is 7.90. The highest BCUT2D eigenvalue weighted by Gasteiger charge is 2.21. The zero-order valence-corrected chi connectivity index (χ0v) is 17.1. The molecular formula is C22H20BrN3O3. The predicted octanol–water partition coefficient (Wildman–Crippen LogP) is 4.09. The molecule has 2 heterocycles. The number of nitrogens with zero attached hydrogens (tertiary/aromatic N) is 1. The van der Waals surface area contributed by atoms with Crippen molar-refractivity contribution in [1.29, 1.82) is 0 Å². The Kier molecular flexibility index (Phi) is 5.40. The van der Waals surface area contributed by atoms with Crippen LogP contribution in [0.25, 0.3) is 21.8 Å². The minimum absolute atomic E-state index is 0.202. The van der Waals surface area contributed by atoms with Gasteiger partial charge in [0.25, 0.3) is 0 Å². The molecule has 148 valence electrons. The Morgan fingerprint density at radius 2 is 2.00 bits per heavy atom. The SMILES string of the molecule is O=C(CCn1ccc2ccc(Br)cc21)NC(Cc1c[nH]c2ccccc12)C(=O)O. The second-order valence-electron chi connectivity index (χ2n) is 6.98. The van der Waals surface area contributed by atoms with Gasteiger partial charge in [-0.3, -0.25) is 4.79 Å². The largest absolute Gasteiger partial charge is 0.480 e. The minimum Gasteiger partial charge on any atom is -0.480 e. The van der Waals surface area contributed by atoms with Gasteiger partial charge in [0.05, 0.1) is 0 Å². The molecule has 7 heteroatoms. The fraction of sp³-hybridized carbons (Fsp3) is 0.182. The molecule has 29 heavy (non-hydrogen) atoms. The molecule has 4 rings (SSSR count). The Hall–Kier alpha value is -3.06. The van der Waals surface area contributed by atoms with E-state index in [-0.39, 0.29) is 18.7 Å². The van der Waals surface area contributed by atoms with E-state index in [2.05, 4.69) is 26.2 Å². The number of hydrogen-bond donors (Lipinski definition) is 3. The van der Waals surface area contributed by atoms with Crippen molar-refractivity contribution < 1.29 is 14.7 Å². The summed E-state index contributed by atoms with van der Waals surface area (Å²) < 4.78 is 2.97. The first-order valence-corrected chi connectivity index (χ1v) is 10.1. The summed E-state index contributed by atoms with van der Waals surface area (Å²) >= 11 is 3.46. The first-order valence-electron chi connectivity index (χ1n) is 9.33. The van der Waals surface area contributed by atoms with Gasteiger partial charge in [0.2, 0.25) is 5.91 Å². The predicted molar refractivity (Wildman–Crippen MR) is 116 cm³/mol. The highest BCUT2D eigenvalue weighted by molar-refractivity contribution is 9.10. The molecule has 2 aromatic heterocycles. The topological polar surface area (TPSA) is 87.1 Å². The van der Waals surface area contributed by atoms with Crippen molar-refractivity contribution in [1.82, 2.24) is 14.9 Å². The van der Waals surface area contributed by atoms with Crippen molar-refractivity contribution >= 4 is 49.6 Å². The summed E-state index contributed by atoms with van der Waals surface area (Å²) in [5.41, 5.74) is 2.85. The molecule has 0 aliphatic carbocycles. The molecule has 1 unspecified atom stereocenters. The second kappa shape index (κ2) is 8.13. The summed E-state index contributed by atoms with van der Waals surface area (Å²) in [6.45, 7) is 0.477. The number of carboxylic acid groups (broad SMARTS) is 1. The van der Waals surface area contributed by atoms with E-state index in [1.165, 1.54) is 0 Å². The third kappa shape index (κ3) is 4.19. The lowest BCUT2D eigenvalue weighted by molar-refractivity contribution is -0.141. The minimum atomic E-state index is -1.04. The van der Waals surface area contributed by atoms with E-state index in [0.717, 1.165) is 31.8 Å². The van der Waals surface area contributed by atoms with Crippen LogP contribution in [-0.4, -0.2) is 32.6 Å². The fourth-order valence-electron chi connectivity index (χ4n) is 3.56. The number of aryl methyl sites for hydroxylation is 1. The summed E-state index contributed by atoms with van der Waals surface area (Å²) in [6.07, 6.45) is 4.17. The van der Waals surface area contributed by atoms with Crippen LogP contribution in [0.5, 0.6) is 0 Å². The van der Waals surface area contributed by atoms with Crippen LogP contribution >= 0.6 is 15.9 Å². The molecule has 0 radical (unpaired) electrons. The molecule has 0 spiro atoms. The van der Waals surface area contributed by atoms with Crippen LogP contribution in [0.15, 0.2) is 65.4 Å². The van der Waals surface area contributed by atoms with Gasteiger partial charge in [0, 0.05) is 52.7 Å². The molecular weight excluding hydrogens is 434 g/mol. The van der Waals surface area contributed by atoms with Crippen LogP contribution in [-0.2, 0) is 22.6 Å². The van der Waals surface area contributed by atoms with Crippen LogP contribution in [0.2, 0.25) is 0 Å². The number of benzene rings is 2. The molecule has 6 nitrogen and oxygen atoms in total. The van der Waals surface area contributed by atoms with Gasteiger partial charge in [0.15, 0.2) is 0 Å². The molecule has 2 aromatic carbocycles. The molecule has 0 fully saturated rings. The summed E-state index contributed by atoms with van der Waals surface area (Å²) in [5.74, 6) is -1.33. The Labute approximate surface area is 175 Å². The van der Waals surface area contributed by atoms with Crippen molar-refractivity contribution in [3.8, 4) is 0 Å². The lowest BCUT2D eigenvalue weighted by Gasteiger charge is -2.15. The van der Waals surface area contributed by atoms with Crippen molar-refractivity contribution in [2.24, 2.45) is 0 Å². The maximum Gasteiger partial charge on any atom is 0.326 e. The third-order valence-electron chi connectivity index (χ3n) is 5.05. The molecule has 0 aliphatic heterocycles. The molecule has 4 aromatic rings. The van der Waals surface area contributed by atoms with Crippen molar-refractivity contribution in [3.05, 3.63) is 71.0 Å². The van der Waals surface area contributed by atoms with Gasteiger partial charge in [-0.05, 0) is 35.2 Å². The fourth-order valence-corrected chi connectivity index (χ4v) is 3.91. The number of rotatable bonds is 7. The van der Waals surface area contributed by atoms with E-state index in [9.17, 15) is 14.7 Å². The quantitative estimate of drug-likeness (QED) is 0.393. The van der Waals surface area contributed by atoms with Crippen molar-refractivity contribution in [3.63, 3.8) is 0 Å². The van der Waals surface area contributed by atoms with Crippen LogP contribution in [0, 0.1) is 0 Å². The van der Waals surface area contributed by atoms with Gasteiger partial charge in [-0.25, -0.2) is 4.79 Å². The van der Waals surface area contributed by atoms with E-state index >= 15 is 0 Å². The number of carbonyl (C=O) groups excluding carboxylic acids is 1. The van der Waals surface area contributed by atoms with Gasteiger partial charge in [-0.2, -0.15) is 0 Å². The zero-order valence-electron chi connectivity index (χ0n) is 15.6. The van der Waals surface area contributed by atoms with E-state index in [1.807, 2.05) is 59.3 Å². The number of aliphatic carboxylic acids is 1. The van der Waals surface area contributed by atoms with Gasteiger partial charge in [-0.1, -0.05) is 40.2 Å². The number of para-hydroxylation sites is 1. The summed E-state index contributed by atoms with van der Waals surface area (Å²) in [5, 5.41) is 14.3. The van der Waals surface area contributed by atoms with Gasteiger partial charge >= 0.3 is 5.97 Å². The first kappa shape index (κ1) is 19.3. The standard InChI is InChI=1S/C22H20BrN3O3/c23-16-6-5-14-7-9-26(20(14)12-16)10-8-21(27)25-19(22(28)29)11-15-13-24-18-4-2-1-3-17(15)18/h1-7,9,12-13,19,24H,8,10-11H2,(H,25,27)(H,28,29). The number of carboxylic acids is 1. The summed E-state index contributed by atoms with van der Waals surface area (Å²) in [6, 6.07) is 14.7. The molecule has 1 amide bonds. The highest BCUT2D eigenvalue weighted by atomic mass is 79.9. The van der Waals surface area contributed by atoms with Crippen LogP contribution in [0.4, 0.5) is 0 Å². The van der Waals surface area contributed by atoms with Gasteiger partial charge in [-0.15, -0.1) is 0 Å². The monoisotopic (exact) mass is 453 g/mol. The van der Waals surface area contributed by atoms with Gasteiger partial charge in [0.1, 0.15) is 6.04 Å². The van der Waals surface area contributed by atoms with Crippen molar-refractivity contribution in [2.75, 3.05) is 0 Å². The Morgan fingerprint density at radius 1 is 1.17 bits per heavy atom. The number of fused-ring (bicyclic) bond motifs is 2. The third-order valence-corrected chi connectivity index (χ3v) is 5.54. The molecule has 0 saturated carbocycles. The van der Waals surface area contributed by atoms with Crippen LogP contribution in [0.1, 0.15) is 12.0 Å². The maximum atomic E-state index is 12.4. The number of halogens is 1. The molecule has 0 saturated heterocycles. The number of nitrogens with one attached hydrogen (secondary N) is 2. The number of hydrogen-bond acceptors (Lipinski definition) is 2. The van der Waals surface area contributed by atoms with E-state index in [0.29, 0.717) is 6.54 Å². The number of aromatic amines is 1. The molecule has 3 N–H and O–H groups in total. The Balaban J connectivity index is 1.42. The number of amides is 1. The lowest BCUT2D eigenvalue weighted by atomic mass is 10.0. The summed E-state index contributed by atoms with van der Waals surface area (Å²) in [7, 11) is 0. The Morgan fingerprint density at radius 3 is 2.83 bits per heavy atom. The van der Waals surface area contributed by atoms with E-state index in [4.69, 9.17) is 0 Å². The zero-order chi connectivity index (χ0) is 20.4. The molecule has 0 bridgehead atoms. The van der Waals surface area contributed by atoms with E-state index in [1.54, 1.807) is 6.20 Å². The molecule has 1 atom stereocenters. The normalized spacial score (nSPS) is 12.3. The van der Waals surface area contributed by atoms with Crippen molar-refractivity contribution in [2.45, 2.75) is 25.4 Å². The molecule has 0 aliphatic rings. The van der Waals surface area contributed by atoms with E-state index < -0.39 is 12.0 Å². The van der Waals surface area contributed by atoms with Crippen LogP contribution < -0.4 is 5.32 Å².